The van der Waals surface area contributed by atoms with E-state index >= 15 is 0 Å². The fourth-order valence-corrected chi connectivity index (χ4v) is 4.34. The summed E-state index contributed by atoms with van der Waals surface area (Å²) in [5, 5.41) is 16.0. The lowest BCUT2D eigenvalue weighted by molar-refractivity contribution is -0.384. The Balaban J connectivity index is 1.84. The van der Waals surface area contributed by atoms with Crippen LogP contribution in [-0.2, 0) is 0 Å². The number of pyridine rings is 1. The number of carbonyl (C=O) groups excluding carboxylic acids is 1. The maximum absolute atomic E-state index is 13.1. The molecule has 0 fully saturated rings. The molecule has 4 rings (SSSR count). The van der Waals surface area contributed by atoms with Crippen molar-refractivity contribution in [3.63, 3.8) is 0 Å². The van der Waals surface area contributed by atoms with E-state index in [4.69, 9.17) is 9.72 Å². The monoisotopic (exact) mass is 436 g/mol. The molecule has 9 heteroatoms. The molecule has 0 amide bonds. The van der Waals surface area contributed by atoms with Gasteiger partial charge in [-0.2, -0.15) is 5.10 Å². The number of non-ortho nitro benzene ring substituents is 1. The van der Waals surface area contributed by atoms with E-state index in [-0.39, 0.29) is 17.5 Å². The first-order valence-corrected chi connectivity index (χ1v) is 10.5. The highest BCUT2D eigenvalue weighted by molar-refractivity contribution is 7.12. The summed E-state index contributed by atoms with van der Waals surface area (Å²) in [5.74, 6) is -0.522. The molecule has 31 heavy (non-hydrogen) atoms. The van der Waals surface area contributed by atoms with Crippen molar-refractivity contribution in [2.24, 2.45) is 0 Å². The summed E-state index contributed by atoms with van der Waals surface area (Å²) < 4.78 is 7.25. The van der Waals surface area contributed by atoms with Crippen molar-refractivity contribution < 1.29 is 14.5 Å². The second-order valence-corrected chi connectivity index (χ2v) is 8.91. The molecule has 0 bridgehead atoms. The summed E-state index contributed by atoms with van der Waals surface area (Å²) in [7, 11) is 0. The maximum atomic E-state index is 13.1. The Morgan fingerprint density at radius 3 is 2.65 bits per heavy atom. The fourth-order valence-electron chi connectivity index (χ4n) is 3.41. The maximum Gasteiger partial charge on any atom is 0.344 e. The van der Waals surface area contributed by atoms with Crippen LogP contribution in [0.2, 0.25) is 0 Å². The van der Waals surface area contributed by atoms with Gasteiger partial charge in [0.15, 0.2) is 5.65 Å². The summed E-state index contributed by atoms with van der Waals surface area (Å²) in [4.78, 5) is 30.6. The first-order chi connectivity index (χ1) is 14.7. The molecule has 0 aliphatic heterocycles. The van der Waals surface area contributed by atoms with Crippen LogP contribution in [0.1, 0.15) is 40.0 Å². The van der Waals surface area contributed by atoms with E-state index in [9.17, 15) is 14.9 Å². The number of thiophene rings is 1. The van der Waals surface area contributed by atoms with E-state index in [1.54, 1.807) is 28.3 Å². The van der Waals surface area contributed by atoms with Gasteiger partial charge in [0, 0.05) is 27.4 Å². The molecule has 0 radical (unpaired) electrons. The number of nitro groups is 1. The Labute approximate surface area is 182 Å². The van der Waals surface area contributed by atoms with Crippen LogP contribution in [0.5, 0.6) is 5.75 Å². The standard InChI is InChI=1S/C22H20N4O4S/c1-12(2)25-21-19(11-23-25)18(10-20(24-21)17-8-13(3)31-14(17)4)22(27)30-16-7-5-6-15(9-16)26(28)29/h5-12H,1-4H3. The Morgan fingerprint density at radius 2 is 2.00 bits per heavy atom. The number of fused-ring (bicyclic) bond motifs is 1. The van der Waals surface area contributed by atoms with Gasteiger partial charge in [-0.25, -0.2) is 14.5 Å². The van der Waals surface area contributed by atoms with Gasteiger partial charge < -0.3 is 4.74 Å². The van der Waals surface area contributed by atoms with Crippen molar-refractivity contribution in [2.75, 3.05) is 0 Å². The Bertz CT molecular complexity index is 1320. The molecule has 0 spiro atoms. The van der Waals surface area contributed by atoms with Gasteiger partial charge in [0.25, 0.3) is 5.69 Å². The number of hydrogen-bond acceptors (Lipinski definition) is 7. The van der Waals surface area contributed by atoms with Gasteiger partial charge >= 0.3 is 5.97 Å². The zero-order valence-corrected chi connectivity index (χ0v) is 18.3. The number of aryl methyl sites for hydroxylation is 2. The highest BCUT2D eigenvalue weighted by Gasteiger charge is 2.21. The summed E-state index contributed by atoms with van der Waals surface area (Å²) in [6.07, 6.45) is 1.60. The molecule has 0 aliphatic carbocycles. The molecule has 0 unspecified atom stereocenters. The van der Waals surface area contributed by atoms with Gasteiger partial charge in [-0.05, 0) is 45.9 Å². The van der Waals surface area contributed by atoms with Crippen LogP contribution in [0, 0.1) is 24.0 Å². The van der Waals surface area contributed by atoms with Crippen LogP contribution in [-0.4, -0.2) is 25.7 Å². The van der Waals surface area contributed by atoms with Crippen molar-refractivity contribution in [1.82, 2.24) is 14.8 Å². The number of carbonyl (C=O) groups is 1. The summed E-state index contributed by atoms with van der Waals surface area (Å²) in [6.45, 7) is 8.01. The number of aromatic nitrogens is 3. The molecule has 0 saturated heterocycles. The van der Waals surface area contributed by atoms with E-state index in [2.05, 4.69) is 5.10 Å². The van der Waals surface area contributed by atoms with Gasteiger partial charge in [0.2, 0.25) is 0 Å². The van der Waals surface area contributed by atoms with Crippen molar-refractivity contribution in [3.8, 4) is 17.0 Å². The van der Waals surface area contributed by atoms with Gasteiger partial charge in [-0.3, -0.25) is 10.1 Å². The lowest BCUT2D eigenvalue weighted by Crippen LogP contribution is -2.11. The minimum absolute atomic E-state index is 0.0474. The molecular weight excluding hydrogens is 416 g/mol. The van der Waals surface area contributed by atoms with Crippen LogP contribution in [0.15, 0.2) is 42.6 Å². The number of hydrogen-bond donors (Lipinski definition) is 0. The van der Waals surface area contributed by atoms with Crippen molar-refractivity contribution in [3.05, 3.63) is 68.0 Å². The molecule has 4 aromatic rings. The van der Waals surface area contributed by atoms with Crippen LogP contribution in [0.3, 0.4) is 0 Å². The van der Waals surface area contributed by atoms with Crippen LogP contribution >= 0.6 is 11.3 Å². The average molecular weight is 436 g/mol. The predicted octanol–water partition coefficient (Wildman–Crippen LogP) is 5.48. The second kappa shape index (κ2) is 7.92. The molecule has 3 heterocycles. The number of esters is 1. The van der Waals surface area contributed by atoms with Crippen molar-refractivity contribution in [2.45, 2.75) is 33.7 Å². The molecule has 0 aliphatic rings. The quantitative estimate of drug-likeness (QED) is 0.178. The summed E-state index contributed by atoms with van der Waals surface area (Å²) in [6, 6.07) is 9.33. The topological polar surface area (TPSA) is 100 Å². The largest absolute Gasteiger partial charge is 0.423 e. The molecule has 158 valence electrons. The number of nitrogens with zero attached hydrogens (tertiary/aromatic N) is 4. The number of nitro benzene ring substituents is 1. The molecule has 1 aromatic carbocycles. The molecular formula is C22H20N4O4S. The molecule has 0 N–H and O–H groups in total. The van der Waals surface area contributed by atoms with Crippen molar-refractivity contribution >= 4 is 34.0 Å². The third-order valence-electron chi connectivity index (χ3n) is 4.83. The second-order valence-electron chi connectivity index (χ2n) is 7.45. The van der Waals surface area contributed by atoms with Crippen LogP contribution in [0.4, 0.5) is 5.69 Å². The van der Waals surface area contributed by atoms with Gasteiger partial charge in [-0.1, -0.05) is 6.07 Å². The molecule has 3 aromatic heterocycles. The lowest BCUT2D eigenvalue weighted by Gasteiger charge is -2.10. The fraction of sp³-hybridized carbons (Fsp3) is 0.227. The van der Waals surface area contributed by atoms with E-state index < -0.39 is 10.9 Å². The average Bonchev–Trinajstić information content (AvgIpc) is 3.29. The predicted molar refractivity (Wildman–Crippen MR) is 119 cm³/mol. The Morgan fingerprint density at radius 1 is 1.23 bits per heavy atom. The van der Waals surface area contributed by atoms with E-state index in [0.29, 0.717) is 22.3 Å². The SMILES string of the molecule is Cc1cc(-c2cc(C(=O)Oc3cccc([N+](=O)[O-])c3)c3cnn(C(C)C)c3n2)c(C)s1. The zero-order valence-electron chi connectivity index (χ0n) is 17.4. The van der Waals surface area contributed by atoms with Gasteiger partial charge in [0.1, 0.15) is 5.75 Å². The van der Waals surface area contributed by atoms with Crippen LogP contribution < -0.4 is 4.74 Å². The highest BCUT2D eigenvalue weighted by Crippen LogP contribution is 2.33. The summed E-state index contributed by atoms with van der Waals surface area (Å²) in [5.41, 5.74) is 2.35. The minimum atomic E-state index is -0.623. The third kappa shape index (κ3) is 3.91. The third-order valence-corrected chi connectivity index (χ3v) is 5.80. The van der Waals surface area contributed by atoms with Gasteiger partial charge in [0.05, 0.1) is 33.8 Å². The minimum Gasteiger partial charge on any atom is -0.423 e. The summed E-state index contributed by atoms with van der Waals surface area (Å²) >= 11 is 1.66. The molecule has 8 nitrogen and oxygen atoms in total. The van der Waals surface area contributed by atoms with Gasteiger partial charge in [-0.15, -0.1) is 11.3 Å². The normalized spacial score (nSPS) is 11.3. The zero-order chi connectivity index (χ0) is 22.3. The molecule has 0 atom stereocenters. The number of rotatable bonds is 5. The Kier molecular flexibility index (Phi) is 5.28. The van der Waals surface area contributed by atoms with Crippen molar-refractivity contribution in [1.29, 1.82) is 0 Å². The highest BCUT2D eigenvalue weighted by atomic mass is 32.1. The van der Waals surface area contributed by atoms with E-state index in [1.807, 2.05) is 33.8 Å². The number of benzene rings is 1. The van der Waals surface area contributed by atoms with E-state index in [1.165, 1.54) is 24.3 Å². The Hall–Kier alpha value is -3.59. The van der Waals surface area contributed by atoms with Crippen LogP contribution in [0.25, 0.3) is 22.3 Å². The van der Waals surface area contributed by atoms with E-state index in [0.717, 1.165) is 15.3 Å². The lowest BCUT2D eigenvalue weighted by atomic mass is 10.1. The smallest absolute Gasteiger partial charge is 0.344 e. The first kappa shape index (κ1) is 20.7. The first-order valence-electron chi connectivity index (χ1n) is 9.67. The molecule has 0 saturated carbocycles. The number of ether oxygens (including phenoxy) is 1.